The number of nitrogens with zero attached hydrogens (tertiary/aromatic N) is 1. The Morgan fingerprint density at radius 2 is 2.12 bits per heavy atom. The normalized spacial score (nSPS) is 18.0. The minimum Gasteiger partial charge on any atom is -0.370 e. The number of hydrogen-bond acceptors (Lipinski definition) is 2. The molecule has 2 nitrogen and oxygen atoms in total. The second kappa shape index (κ2) is 5.03. The molecule has 1 aromatic carbocycles. The molecule has 84 valence electrons. The van der Waals surface area contributed by atoms with E-state index in [1.165, 1.54) is 31.2 Å². The second-order valence-electron chi connectivity index (χ2n) is 4.67. The molecular weight excluding hydrogens is 196 g/mol. The van der Waals surface area contributed by atoms with Gasteiger partial charge in [-0.2, -0.15) is 5.26 Å². The first-order valence-corrected chi connectivity index (χ1v) is 6.02. The fourth-order valence-corrected chi connectivity index (χ4v) is 2.46. The highest BCUT2D eigenvalue weighted by atomic mass is 14.9. The van der Waals surface area contributed by atoms with Crippen LogP contribution >= 0.6 is 0 Å². The molecule has 0 amide bonds. The zero-order valence-corrected chi connectivity index (χ0v) is 9.74. The molecule has 1 atom stereocenters. The third kappa shape index (κ3) is 2.55. The highest BCUT2D eigenvalue weighted by Crippen LogP contribution is 2.29. The van der Waals surface area contributed by atoms with Gasteiger partial charge in [0, 0.05) is 5.69 Å². The van der Waals surface area contributed by atoms with Crippen LogP contribution in [0, 0.1) is 24.2 Å². The maximum atomic E-state index is 9.20. The van der Waals surface area contributed by atoms with Crippen molar-refractivity contribution in [1.29, 1.82) is 5.26 Å². The van der Waals surface area contributed by atoms with Gasteiger partial charge >= 0.3 is 0 Å². The standard InChI is InChI=1S/C14H18N2/c1-11-5-4-8-13(9-11)16-14(10-15)12-6-2-3-7-12/h4-5,8-9,12,14,16H,2-3,6-7H2,1H3. The first-order chi connectivity index (χ1) is 7.79. The summed E-state index contributed by atoms with van der Waals surface area (Å²) in [4.78, 5) is 0. The molecule has 1 saturated carbocycles. The molecule has 0 radical (unpaired) electrons. The maximum absolute atomic E-state index is 9.20. The van der Waals surface area contributed by atoms with Gasteiger partial charge in [0.05, 0.1) is 6.07 Å². The molecule has 2 rings (SSSR count). The average Bonchev–Trinajstić information content (AvgIpc) is 2.79. The van der Waals surface area contributed by atoms with Crippen molar-refractivity contribution >= 4 is 5.69 Å². The van der Waals surface area contributed by atoms with Gasteiger partial charge in [0.15, 0.2) is 0 Å². The Morgan fingerprint density at radius 3 is 2.75 bits per heavy atom. The predicted molar refractivity (Wildman–Crippen MR) is 66.2 cm³/mol. The van der Waals surface area contributed by atoms with Gasteiger partial charge in [-0.1, -0.05) is 25.0 Å². The summed E-state index contributed by atoms with van der Waals surface area (Å²) in [5.41, 5.74) is 2.30. The van der Waals surface area contributed by atoms with Crippen molar-refractivity contribution in [1.82, 2.24) is 0 Å². The molecule has 0 saturated heterocycles. The second-order valence-corrected chi connectivity index (χ2v) is 4.67. The third-order valence-corrected chi connectivity index (χ3v) is 3.35. The molecule has 1 N–H and O–H groups in total. The Morgan fingerprint density at radius 1 is 1.38 bits per heavy atom. The van der Waals surface area contributed by atoms with E-state index in [2.05, 4.69) is 30.4 Å². The lowest BCUT2D eigenvalue weighted by molar-refractivity contribution is 0.519. The van der Waals surface area contributed by atoms with Gasteiger partial charge in [0.2, 0.25) is 0 Å². The zero-order valence-electron chi connectivity index (χ0n) is 9.74. The molecule has 0 heterocycles. The topological polar surface area (TPSA) is 35.8 Å². The summed E-state index contributed by atoms with van der Waals surface area (Å²) >= 11 is 0. The first-order valence-electron chi connectivity index (χ1n) is 6.02. The van der Waals surface area contributed by atoms with Gasteiger partial charge < -0.3 is 5.32 Å². The number of anilines is 1. The molecule has 1 aliphatic carbocycles. The van der Waals surface area contributed by atoms with Crippen molar-refractivity contribution < 1.29 is 0 Å². The fraction of sp³-hybridized carbons (Fsp3) is 0.500. The van der Waals surface area contributed by atoms with Crippen LogP contribution in [0.3, 0.4) is 0 Å². The van der Waals surface area contributed by atoms with Gasteiger partial charge in [-0.25, -0.2) is 0 Å². The first kappa shape index (κ1) is 11.0. The van der Waals surface area contributed by atoms with Gasteiger partial charge in [-0.05, 0) is 43.4 Å². The molecular formula is C14H18N2. The Kier molecular flexibility index (Phi) is 3.46. The number of aryl methyl sites for hydroxylation is 1. The minimum absolute atomic E-state index is 0.0238. The molecule has 0 aromatic heterocycles. The molecule has 1 aliphatic rings. The predicted octanol–water partition coefficient (Wildman–Crippen LogP) is 3.49. The smallest absolute Gasteiger partial charge is 0.117 e. The van der Waals surface area contributed by atoms with Crippen molar-refractivity contribution in [2.24, 2.45) is 5.92 Å². The Hall–Kier alpha value is -1.49. The van der Waals surface area contributed by atoms with E-state index in [0.29, 0.717) is 5.92 Å². The van der Waals surface area contributed by atoms with Gasteiger partial charge in [-0.3, -0.25) is 0 Å². The number of nitrogens with one attached hydrogen (secondary N) is 1. The van der Waals surface area contributed by atoms with Crippen LogP contribution in [-0.2, 0) is 0 Å². The number of benzene rings is 1. The lowest BCUT2D eigenvalue weighted by Crippen LogP contribution is -2.25. The van der Waals surface area contributed by atoms with Crippen LogP contribution in [-0.4, -0.2) is 6.04 Å². The summed E-state index contributed by atoms with van der Waals surface area (Å²) in [6.07, 6.45) is 4.94. The Labute approximate surface area is 97.3 Å². The summed E-state index contributed by atoms with van der Waals surface area (Å²) in [5.74, 6) is 0.533. The number of hydrogen-bond donors (Lipinski definition) is 1. The van der Waals surface area contributed by atoms with E-state index in [4.69, 9.17) is 0 Å². The van der Waals surface area contributed by atoms with Crippen molar-refractivity contribution in [2.75, 3.05) is 5.32 Å². The third-order valence-electron chi connectivity index (χ3n) is 3.35. The van der Waals surface area contributed by atoms with E-state index in [9.17, 15) is 5.26 Å². The van der Waals surface area contributed by atoms with E-state index >= 15 is 0 Å². The lowest BCUT2D eigenvalue weighted by atomic mass is 9.99. The number of rotatable bonds is 3. The van der Waals surface area contributed by atoms with Crippen LogP contribution in [0.4, 0.5) is 5.69 Å². The molecule has 1 aromatic rings. The highest BCUT2D eigenvalue weighted by Gasteiger charge is 2.24. The van der Waals surface area contributed by atoms with E-state index < -0.39 is 0 Å². The summed E-state index contributed by atoms with van der Waals surface area (Å²) in [5, 5.41) is 12.6. The summed E-state index contributed by atoms with van der Waals surface area (Å²) in [6, 6.07) is 10.6. The molecule has 0 aliphatic heterocycles. The van der Waals surface area contributed by atoms with Crippen molar-refractivity contribution in [3.63, 3.8) is 0 Å². The highest BCUT2D eigenvalue weighted by molar-refractivity contribution is 5.47. The molecule has 0 bridgehead atoms. The van der Waals surface area contributed by atoms with Crippen LogP contribution in [0.15, 0.2) is 24.3 Å². The molecule has 0 spiro atoms. The van der Waals surface area contributed by atoms with Crippen LogP contribution in [0.2, 0.25) is 0 Å². The van der Waals surface area contributed by atoms with E-state index in [1.807, 2.05) is 12.1 Å². The van der Waals surface area contributed by atoms with Crippen molar-refractivity contribution in [3.05, 3.63) is 29.8 Å². The van der Waals surface area contributed by atoms with Crippen LogP contribution in [0.5, 0.6) is 0 Å². The molecule has 2 heteroatoms. The molecule has 1 fully saturated rings. The largest absolute Gasteiger partial charge is 0.370 e. The van der Waals surface area contributed by atoms with E-state index in [0.717, 1.165) is 5.69 Å². The quantitative estimate of drug-likeness (QED) is 0.836. The minimum atomic E-state index is -0.0238. The fourth-order valence-electron chi connectivity index (χ4n) is 2.46. The van der Waals surface area contributed by atoms with Gasteiger partial charge in [-0.15, -0.1) is 0 Å². The van der Waals surface area contributed by atoms with Crippen molar-refractivity contribution in [2.45, 2.75) is 38.6 Å². The van der Waals surface area contributed by atoms with Crippen molar-refractivity contribution in [3.8, 4) is 6.07 Å². The molecule has 1 unspecified atom stereocenters. The van der Waals surface area contributed by atoms with Gasteiger partial charge in [0.25, 0.3) is 0 Å². The molecule has 16 heavy (non-hydrogen) atoms. The average molecular weight is 214 g/mol. The zero-order chi connectivity index (χ0) is 11.4. The summed E-state index contributed by atoms with van der Waals surface area (Å²) in [7, 11) is 0. The SMILES string of the molecule is Cc1cccc(NC(C#N)C2CCCC2)c1. The number of nitriles is 1. The lowest BCUT2D eigenvalue weighted by Gasteiger charge is -2.19. The Balaban J connectivity index is 2.04. The van der Waals surface area contributed by atoms with E-state index in [-0.39, 0.29) is 6.04 Å². The summed E-state index contributed by atoms with van der Waals surface area (Å²) in [6.45, 7) is 2.07. The van der Waals surface area contributed by atoms with Crippen LogP contribution < -0.4 is 5.32 Å². The van der Waals surface area contributed by atoms with Crippen LogP contribution in [0.1, 0.15) is 31.2 Å². The summed E-state index contributed by atoms with van der Waals surface area (Å²) < 4.78 is 0. The van der Waals surface area contributed by atoms with E-state index in [1.54, 1.807) is 0 Å². The van der Waals surface area contributed by atoms with Crippen LogP contribution in [0.25, 0.3) is 0 Å². The maximum Gasteiger partial charge on any atom is 0.117 e. The van der Waals surface area contributed by atoms with Gasteiger partial charge in [0.1, 0.15) is 6.04 Å². The monoisotopic (exact) mass is 214 g/mol. The Bertz CT molecular complexity index is 386.